The van der Waals surface area contributed by atoms with E-state index in [4.69, 9.17) is 5.73 Å². The summed E-state index contributed by atoms with van der Waals surface area (Å²) in [6.45, 7) is 8.90. The molecule has 0 aromatic carbocycles. The summed E-state index contributed by atoms with van der Waals surface area (Å²) >= 11 is 0. The van der Waals surface area contributed by atoms with Crippen LogP contribution in [0.15, 0.2) is 0 Å². The Bertz CT molecular complexity index is 108. The van der Waals surface area contributed by atoms with Crippen LogP contribution in [0.4, 0.5) is 0 Å². The second-order valence-electron chi connectivity index (χ2n) is 4.41. The molecule has 0 aromatic rings. The van der Waals surface area contributed by atoms with Gasteiger partial charge in [0, 0.05) is 5.54 Å². The molecule has 0 aliphatic heterocycles. The van der Waals surface area contributed by atoms with Gasteiger partial charge in [-0.3, -0.25) is 0 Å². The van der Waals surface area contributed by atoms with Crippen molar-refractivity contribution in [2.75, 3.05) is 0 Å². The molecule has 0 saturated heterocycles. The summed E-state index contributed by atoms with van der Waals surface area (Å²) in [5.74, 6) is 0.873. The van der Waals surface area contributed by atoms with Gasteiger partial charge in [-0.2, -0.15) is 0 Å². The zero-order valence-electron chi connectivity index (χ0n) is 9.19. The van der Waals surface area contributed by atoms with Crippen molar-refractivity contribution in [3.8, 4) is 0 Å². The maximum atomic E-state index is 6.04. The molecule has 2 unspecified atom stereocenters. The van der Waals surface area contributed by atoms with Crippen LogP contribution in [0.25, 0.3) is 0 Å². The molecule has 1 heteroatoms. The highest BCUT2D eigenvalue weighted by molar-refractivity contribution is 4.76. The maximum Gasteiger partial charge on any atom is 0.0123 e. The normalized spacial score (nSPS) is 18.8. The predicted molar refractivity (Wildman–Crippen MR) is 56.2 cm³/mol. The summed E-state index contributed by atoms with van der Waals surface area (Å²) in [4.78, 5) is 0. The van der Waals surface area contributed by atoms with Crippen molar-refractivity contribution in [2.45, 2.75) is 65.3 Å². The number of rotatable bonds is 6. The first-order chi connectivity index (χ1) is 5.52. The largest absolute Gasteiger partial charge is 0.325 e. The lowest BCUT2D eigenvalue weighted by atomic mass is 9.90. The van der Waals surface area contributed by atoms with Crippen LogP contribution in [0.1, 0.15) is 59.8 Å². The lowest BCUT2D eigenvalue weighted by molar-refractivity contribution is 0.374. The van der Waals surface area contributed by atoms with Crippen molar-refractivity contribution in [2.24, 2.45) is 11.7 Å². The molecule has 2 atom stereocenters. The fourth-order valence-corrected chi connectivity index (χ4v) is 1.24. The first kappa shape index (κ1) is 12.0. The number of hydrogen-bond acceptors (Lipinski definition) is 1. The Hall–Kier alpha value is -0.0400. The summed E-state index contributed by atoms with van der Waals surface area (Å²) in [6, 6.07) is 0. The molecule has 74 valence electrons. The van der Waals surface area contributed by atoms with Gasteiger partial charge in [-0.1, -0.05) is 40.0 Å². The summed E-state index contributed by atoms with van der Waals surface area (Å²) in [7, 11) is 0. The van der Waals surface area contributed by atoms with Crippen LogP contribution in [0, 0.1) is 5.92 Å². The predicted octanol–water partition coefficient (Wildman–Crippen LogP) is 3.33. The van der Waals surface area contributed by atoms with Gasteiger partial charge in [-0.25, -0.2) is 0 Å². The average molecular weight is 171 g/mol. The molecule has 0 amide bonds. The zero-order chi connectivity index (χ0) is 9.61. The number of hydrogen-bond donors (Lipinski definition) is 1. The minimum absolute atomic E-state index is 0.0768. The maximum absolute atomic E-state index is 6.04. The minimum Gasteiger partial charge on any atom is -0.325 e. The molecular weight excluding hydrogens is 146 g/mol. The van der Waals surface area contributed by atoms with Crippen molar-refractivity contribution in [3.63, 3.8) is 0 Å². The molecule has 0 heterocycles. The Morgan fingerprint density at radius 1 is 1.33 bits per heavy atom. The SMILES string of the molecule is CCC(C)CCCC(C)(N)CC. The van der Waals surface area contributed by atoms with Gasteiger partial charge < -0.3 is 5.73 Å². The molecular formula is C11H25N. The van der Waals surface area contributed by atoms with E-state index in [1.807, 2.05) is 0 Å². The highest BCUT2D eigenvalue weighted by atomic mass is 14.7. The van der Waals surface area contributed by atoms with Crippen molar-refractivity contribution in [1.82, 2.24) is 0 Å². The molecule has 1 nitrogen and oxygen atoms in total. The van der Waals surface area contributed by atoms with Gasteiger partial charge in [-0.15, -0.1) is 0 Å². The summed E-state index contributed by atoms with van der Waals surface area (Å²) in [6.07, 6.45) is 6.19. The van der Waals surface area contributed by atoms with Crippen LogP contribution in [0.3, 0.4) is 0 Å². The van der Waals surface area contributed by atoms with Crippen LogP contribution in [-0.2, 0) is 0 Å². The van der Waals surface area contributed by atoms with Crippen LogP contribution in [0.5, 0.6) is 0 Å². The average Bonchev–Trinajstić information content (AvgIpc) is 2.04. The monoisotopic (exact) mass is 171 g/mol. The molecule has 0 spiro atoms. The third-order valence-corrected chi connectivity index (χ3v) is 2.95. The highest BCUT2D eigenvalue weighted by Gasteiger charge is 2.14. The Morgan fingerprint density at radius 3 is 2.33 bits per heavy atom. The number of nitrogens with two attached hydrogens (primary N) is 1. The van der Waals surface area contributed by atoms with Crippen molar-refractivity contribution in [1.29, 1.82) is 0 Å². The summed E-state index contributed by atoms with van der Waals surface area (Å²) in [5, 5.41) is 0. The Kier molecular flexibility index (Phi) is 5.56. The molecule has 2 N–H and O–H groups in total. The first-order valence-electron chi connectivity index (χ1n) is 5.30. The van der Waals surface area contributed by atoms with Gasteiger partial charge in [0.05, 0.1) is 0 Å². The molecule has 0 aromatic heterocycles. The molecule has 12 heavy (non-hydrogen) atoms. The van der Waals surface area contributed by atoms with Gasteiger partial charge in [0.1, 0.15) is 0 Å². The van der Waals surface area contributed by atoms with Crippen LogP contribution in [-0.4, -0.2) is 5.54 Å². The third kappa shape index (κ3) is 5.59. The van der Waals surface area contributed by atoms with Crippen molar-refractivity contribution < 1.29 is 0 Å². The highest BCUT2D eigenvalue weighted by Crippen LogP contribution is 2.18. The summed E-state index contributed by atoms with van der Waals surface area (Å²) < 4.78 is 0. The molecule has 0 rings (SSSR count). The molecule has 0 bridgehead atoms. The van der Waals surface area contributed by atoms with Crippen molar-refractivity contribution in [3.05, 3.63) is 0 Å². The fourth-order valence-electron chi connectivity index (χ4n) is 1.24. The van der Waals surface area contributed by atoms with E-state index in [0.29, 0.717) is 0 Å². The van der Waals surface area contributed by atoms with Gasteiger partial charge in [0.25, 0.3) is 0 Å². The van der Waals surface area contributed by atoms with Gasteiger partial charge in [-0.05, 0) is 25.7 Å². The molecule has 0 fully saturated rings. The van der Waals surface area contributed by atoms with Crippen molar-refractivity contribution >= 4 is 0 Å². The Labute approximate surface area is 77.7 Å². The van der Waals surface area contributed by atoms with E-state index < -0.39 is 0 Å². The molecule has 0 saturated carbocycles. The van der Waals surface area contributed by atoms with Crippen LogP contribution < -0.4 is 5.73 Å². The Balaban J connectivity index is 3.42. The van der Waals surface area contributed by atoms with Gasteiger partial charge in [0.15, 0.2) is 0 Å². The van der Waals surface area contributed by atoms with E-state index in [2.05, 4.69) is 27.7 Å². The van der Waals surface area contributed by atoms with Crippen LogP contribution >= 0.6 is 0 Å². The van der Waals surface area contributed by atoms with E-state index in [1.54, 1.807) is 0 Å². The first-order valence-corrected chi connectivity index (χ1v) is 5.30. The zero-order valence-corrected chi connectivity index (χ0v) is 9.19. The fraction of sp³-hybridized carbons (Fsp3) is 1.00. The van der Waals surface area contributed by atoms with E-state index in [9.17, 15) is 0 Å². The third-order valence-electron chi connectivity index (χ3n) is 2.95. The second kappa shape index (κ2) is 5.58. The van der Waals surface area contributed by atoms with Gasteiger partial charge in [0.2, 0.25) is 0 Å². The second-order valence-corrected chi connectivity index (χ2v) is 4.41. The van der Waals surface area contributed by atoms with E-state index in [0.717, 1.165) is 12.3 Å². The van der Waals surface area contributed by atoms with E-state index in [1.165, 1.54) is 25.7 Å². The van der Waals surface area contributed by atoms with Gasteiger partial charge >= 0.3 is 0 Å². The standard InChI is InChI=1S/C11H25N/c1-5-10(3)8-7-9-11(4,12)6-2/h10H,5-9,12H2,1-4H3. The lowest BCUT2D eigenvalue weighted by Crippen LogP contribution is -2.34. The molecule has 0 aliphatic rings. The smallest absolute Gasteiger partial charge is 0.0123 e. The minimum atomic E-state index is 0.0768. The topological polar surface area (TPSA) is 26.0 Å². The van der Waals surface area contributed by atoms with E-state index in [-0.39, 0.29) is 5.54 Å². The lowest BCUT2D eigenvalue weighted by Gasteiger charge is -2.23. The molecule has 0 radical (unpaired) electrons. The molecule has 0 aliphatic carbocycles. The van der Waals surface area contributed by atoms with Crippen LogP contribution in [0.2, 0.25) is 0 Å². The Morgan fingerprint density at radius 2 is 1.92 bits per heavy atom. The summed E-state index contributed by atoms with van der Waals surface area (Å²) in [5.41, 5.74) is 6.12. The quantitative estimate of drug-likeness (QED) is 0.652. The van der Waals surface area contributed by atoms with E-state index >= 15 is 0 Å².